The van der Waals surface area contributed by atoms with Crippen LogP contribution in [0.1, 0.15) is 23.4 Å². The quantitative estimate of drug-likeness (QED) is 0.791. The van der Waals surface area contributed by atoms with Crippen LogP contribution in [-0.4, -0.2) is 45.9 Å². The van der Waals surface area contributed by atoms with E-state index >= 15 is 0 Å². The topological polar surface area (TPSA) is 58.4 Å². The Labute approximate surface area is 108 Å². The van der Waals surface area contributed by atoms with Gasteiger partial charge >= 0.3 is 0 Å². The molecule has 1 aromatic rings. The summed E-state index contributed by atoms with van der Waals surface area (Å²) in [5.74, 6) is -0.0638. The fourth-order valence-corrected chi connectivity index (χ4v) is 1.73. The lowest BCUT2D eigenvalue weighted by molar-refractivity contribution is -0.124. The molecule has 0 aliphatic rings. The van der Waals surface area contributed by atoms with Gasteiger partial charge in [-0.2, -0.15) is 5.10 Å². The van der Waals surface area contributed by atoms with E-state index in [0.717, 1.165) is 17.0 Å². The number of aliphatic hydroxyl groups is 1. The summed E-state index contributed by atoms with van der Waals surface area (Å²) in [5, 5.41) is 13.0. The molecule has 0 spiro atoms. The Balaban J connectivity index is 2.71. The Bertz CT molecular complexity index is 449. The van der Waals surface area contributed by atoms with E-state index < -0.39 is 0 Å². The molecule has 0 bridgehead atoms. The fraction of sp³-hybridized carbons (Fsp3) is 0.538. The zero-order chi connectivity index (χ0) is 13.7. The molecule has 0 saturated carbocycles. The molecular formula is C13H21N3O2. The van der Waals surface area contributed by atoms with E-state index in [1.807, 2.05) is 20.9 Å². The number of carbonyl (C=O) groups excluding carboxylic acids is 1. The van der Waals surface area contributed by atoms with Gasteiger partial charge in [0.15, 0.2) is 0 Å². The Kier molecular flexibility index (Phi) is 5.09. The summed E-state index contributed by atoms with van der Waals surface area (Å²) >= 11 is 0. The van der Waals surface area contributed by atoms with Crippen molar-refractivity contribution in [2.75, 3.05) is 20.2 Å². The largest absolute Gasteiger partial charge is 0.396 e. The number of hydrogen-bond acceptors (Lipinski definition) is 3. The van der Waals surface area contributed by atoms with Crippen molar-refractivity contribution in [1.82, 2.24) is 14.7 Å². The average Bonchev–Trinajstić information content (AvgIpc) is 2.58. The van der Waals surface area contributed by atoms with Gasteiger partial charge in [0.05, 0.1) is 5.69 Å². The van der Waals surface area contributed by atoms with Crippen LogP contribution in [0.2, 0.25) is 0 Å². The minimum atomic E-state index is -0.0638. The number of likely N-dealkylation sites (N-methyl/N-ethyl adjacent to an activating group) is 1. The maximum atomic E-state index is 11.8. The lowest BCUT2D eigenvalue weighted by atomic mass is 10.2. The molecule has 0 aromatic carbocycles. The van der Waals surface area contributed by atoms with E-state index in [1.54, 1.807) is 28.8 Å². The van der Waals surface area contributed by atoms with E-state index in [4.69, 9.17) is 5.11 Å². The van der Waals surface area contributed by atoms with Gasteiger partial charge in [-0.1, -0.05) is 0 Å². The second-order valence-corrected chi connectivity index (χ2v) is 4.38. The van der Waals surface area contributed by atoms with Crippen molar-refractivity contribution in [2.45, 2.75) is 20.3 Å². The third-order valence-electron chi connectivity index (χ3n) is 2.99. The number of aromatic nitrogens is 2. The van der Waals surface area contributed by atoms with Gasteiger partial charge in [0.1, 0.15) is 0 Å². The predicted molar refractivity (Wildman–Crippen MR) is 71.1 cm³/mol. The maximum absolute atomic E-state index is 11.8. The van der Waals surface area contributed by atoms with Crippen LogP contribution in [0.5, 0.6) is 0 Å². The van der Waals surface area contributed by atoms with Crippen LogP contribution < -0.4 is 0 Å². The van der Waals surface area contributed by atoms with E-state index in [9.17, 15) is 4.79 Å². The normalized spacial score (nSPS) is 11.2. The van der Waals surface area contributed by atoms with Gasteiger partial charge in [0.2, 0.25) is 5.91 Å². The number of carbonyl (C=O) groups is 1. The molecule has 0 radical (unpaired) electrons. The number of aliphatic hydroxyl groups excluding tert-OH is 1. The first kappa shape index (κ1) is 14.4. The van der Waals surface area contributed by atoms with Crippen molar-refractivity contribution in [2.24, 2.45) is 7.05 Å². The van der Waals surface area contributed by atoms with E-state index in [0.29, 0.717) is 13.0 Å². The summed E-state index contributed by atoms with van der Waals surface area (Å²) in [7, 11) is 3.61. The molecule has 1 heterocycles. The molecule has 5 nitrogen and oxygen atoms in total. The summed E-state index contributed by atoms with van der Waals surface area (Å²) < 4.78 is 1.80. The van der Waals surface area contributed by atoms with Gasteiger partial charge in [-0.15, -0.1) is 0 Å². The Morgan fingerprint density at radius 1 is 1.50 bits per heavy atom. The second-order valence-electron chi connectivity index (χ2n) is 4.38. The molecule has 100 valence electrons. The molecule has 1 N–H and O–H groups in total. The van der Waals surface area contributed by atoms with E-state index in [-0.39, 0.29) is 12.5 Å². The van der Waals surface area contributed by atoms with Gasteiger partial charge < -0.3 is 10.0 Å². The Morgan fingerprint density at radius 2 is 2.17 bits per heavy atom. The minimum Gasteiger partial charge on any atom is -0.396 e. The number of nitrogens with zero attached hydrogens (tertiary/aromatic N) is 3. The predicted octanol–water partition coefficient (Wildman–Crippen LogP) is 0.891. The zero-order valence-electron chi connectivity index (χ0n) is 11.5. The van der Waals surface area contributed by atoms with Crippen LogP contribution in [0.4, 0.5) is 0 Å². The summed E-state index contributed by atoms with van der Waals surface area (Å²) in [5.41, 5.74) is 2.94. The molecule has 1 rings (SSSR count). The molecule has 0 unspecified atom stereocenters. The van der Waals surface area contributed by atoms with Crippen LogP contribution in [-0.2, 0) is 11.8 Å². The lowest BCUT2D eigenvalue weighted by Gasteiger charge is -2.13. The highest BCUT2D eigenvalue weighted by Gasteiger charge is 2.08. The monoisotopic (exact) mass is 251 g/mol. The Morgan fingerprint density at radius 3 is 2.67 bits per heavy atom. The highest BCUT2D eigenvalue weighted by atomic mass is 16.3. The molecule has 0 aliphatic heterocycles. The van der Waals surface area contributed by atoms with E-state index in [2.05, 4.69) is 5.10 Å². The highest BCUT2D eigenvalue weighted by molar-refractivity contribution is 5.91. The molecule has 1 aromatic heterocycles. The minimum absolute atomic E-state index is 0.0638. The molecule has 0 aliphatic carbocycles. The third-order valence-corrected chi connectivity index (χ3v) is 2.99. The number of hydrogen-bond donors (Lipinski definition) is 1. The maximum Gasteiger partial charge on any atom is 0.246 e. The van der Waals surface area contributed by atoms with Crippen LogP contribution in [0.3, 0.4) is 0 Å². The van der Waals surface area contributed by atoms with Crippen LogP contribution in [0.25, 0.3) is 6.08 Å². The number of amides is 1. The third kappa shape index (κ3) is 3.43. The number of rotatable bonds is 5. The molecular weight excluding hydrogens is 230 g/mol. The fourth-order valence-electron chi connectivity index (χ4n) is 1.73. The van der Waals surface area contributed by atoms with Gasteiger partial charge in [-0.3, -0.25) is 9.48 Å². The van der Waals surface area contributed by atoms with Crippen LogP contribution in [0, 0.1) is 13.8 Å². The molecule has 0 atom stereocenters. The lowest BCUT2D eigenvalue weighted by Crippen LogP contribution is -2.26. The summed E-state index contributed by atoms with van der Waals surface area (Å²) in [6.07, 6.45) is 3.95. The van der Waals surface area contributed by atoms with Crippen molar-refractivity contribution in [3.05, 3.63) is 23.0 Å². The Hall–Kier alpha value is -1.62. The molecule has 18 heavy (non-hydrogen) atoms. The van der Waals surface area contributed by atoms with Crippen LogP contribution in [0.15, 0.2) is 6.08 Å². The van der Waals surface area contributed by atoms with Crippen molar-refractivity contribution in [1.29, 1.82) is 0 Å². The second kappa shape index (κ2) is 6.35. The molecule has 5 heteroatoms. The van der Waals surface area contributed by atoms with Crippen molar-refractivity contribution in [3.8, 4) is 0 Å². The summed E-state index contributed by atoms with van der Waals surface area (Å²) in [6, 6.07) is 0. The van der Waals surface area contributed by atoms with Gasteiger partial charge in [-0.25, -0.2) is 0 Å². The standard InChI is InChI=1S/C13H21N3O2/c1-10-12(11(2)16(4)14-10)6-7-13(18)15(3)8-5-9-17/h6-7,17H,5,8-9H2,1-4H3/b7-6+. The number of aryl methyl sites for hydroxylation is 2. The van der Waals surface area contributed by atoms with Gasteiger partial charge in [0, 0.05) is 44.6 Å². The summed E-state index contributed by atoms with van der Waals surface area (Å²) in [6.45, 7) is 4.55. The molecule has 1 amide bonds. The van der Waals surface area contributed by atoms with Crippen molar-refractivity contribution >= 4 is 12.0 Å². The average molecular weight is 251 g/mol. The first-order valence-corrected chi connectivity index (χ1v) is 6.01. The first-order chi connectivity index (χ1) is 8.47. The summed E-state index contributed by atoms with van der Waals surface area (Å²) in [4.78, 5) is 13.4. The zero-order valence-corrected chi connectivity index (χ0v) is 11.5. The van der Waals surface area contributed by atoms with Gasteiger partial charge in [-0.05, 0) is 26.3 Å². The molecule has 0 saturated heterocycles. The van der Waals surface area contributed by atoms with Crippen molar-refractivity contribution < 1.29 is 9.90 Å². The van der Waals surface area contributed by atoms with E-state index in [1.165, 1.54) is 0 Å². The first-order valence-electron chi connectivity index (χ1n) is 6.01. The highest BCUT2D eigenvalue weighted by Crippen LogP contribution is 2.13. The van der Waals surface area contributed by atoms with Gasteiger partial charge in [0.25, 0.3) is 0 Å². The SMILES string of the molecule is Cc1nn(C)c(C)c1/C=C/C(=O)N(C)CCCO. The van der Waals surface area contributed by atoms with Crippen molar-refractivity contribution in [3.63, 3.8) is 0 Å². The van der Waals surface area contributed by atoms with Crippen LogP contribution >= 0.6 is 0 Å². The smallest absolute Gasteiger partial charge is 0.246 e. The molecule has 0 fully saturated rings.